The van der Waals surface area contributed by atoms with Crippen LogP contribution in [0.5, 0.6) is 5.75 Å². The van der Waals surface area contributed by atoms with Crippen molar-refractivity contribution in [1.29, 1.82) is 0 Å². The van der Waals surface area contributed by atoms with E-state index < -0.39 is 11.9 Å². The van der Waals surface area contributed by atoms with Crippen LogP contribution < -0.4 is 10.5 Å². The molecule has 1 aliphatic heterocycles. The van der Waals surface area contributed by atoms with Crippen LogP contribution in [0.4, 0.5) is 5.13 Å². The predicted molar refractivity (Wildman–Crippen MR) is 98.3 cm³/mol. The predicted octanol–water partition coefficient (Wildman–Crippen LogP) is 1.99. The number of nitrogens with two attached hydrogens (primary N) is 1. The maximum absolute atomic E-state index is 12.5. The van der Waals surface area contributed by atoms with Crippen LogP contribution in [-0.2, 0) is 16.0 Å². The molecular formula is C18H21N3O4S. The molecule has 1 aromatic heterocycles. The van der Waals surface area contributed by atoms with Crippen molar-refractivity contribution in [3.63, 3.8) is 0 Å². The number of thiazole rings is 1. The van der Waals surface area contributed by atoms with Gasteiger partial charge in [0.05, 0.1) is 18.7 Å². The van der Waals surface area contributed by atoms with Crippen molar-refractivity contribution in [2.45, 2.75) is 18.8 Å². The van der Waals surface area contributed by atoms with E-state index in [0.29, 0.717) is 30.3 Å². The molecule has 2 aromatic rings. The minimum Gasteiger partial charge on any atom is -0.497 e. The molecular weight excluding hydrogens is 354 g/mol. The smallest absolute Gasteiger partial charge is 0.308 e. The highest BCUT2D eigenvalue weighted by Gasteiger charge is 2.40. The Morgan fingerprint density at radius 3 is 2.88 bits per heavy atom. The van der Waals surface area contributed by atoms with Crippen LogP contribution >= 0.6 is 11.3 Å². The zero-order valence-electron chi connectivity index (χ0n) is 14.4. The largest absolute Gasteiger partial charge is 0.497 e. The van der Waals surface area contributed by atoms with Crippen LogP contribution in [0.2, 0.25) is 0 Å². The lowest BCUT2D eigenvalue weighted by atomic mass is 9.89. The number of carboxylic acid groups (broad SMARTS) is 1. The number of aryl methyl sites for hydroxylation is 1. The first-order valence-electron chi connectivity index (χ1n) is 8.32. The zero-order chi connectivity index (χ0) is 18.7. The van der Waals surface area contributed by atoms with E-state index in [0.717, 1.165) is 11.3 Å². The third kappa shape index (κ3) is 3.96. The van der Waals surface area contributed by atoms with Crippen LogP contribution in [-0.4, -0.2) is 47.1 Å². The van der Waals surface area contributed by atoms with Gasteiger partial charge in [0.1, 0.15) is 5.75 Å². The number of anilines is 1. The van der Waals surface area contributed by atoms with Gasteiger partial charge in [-0.3, -0.25) is 9.59 Å². The van der Waals surface area contributed by atoms with Crippen molar-refractivity contribution >= 4 is 28.3 Å². The van der Waals surface area contributed by atoms with Gasteiger partial charge in [0.2, 0.25) is 5.91 Å². The van der Waals surface area contributed by atoms with Gasteiger partial charge in [0.25, 0.3) is 0 Å². The third-order valence-corrected chi connectivity index (χ3v) is 5.40. The van der Waals surface area contributed by atoms with Crippen LogP contribution in [0, 0.1) is 5.92 Å². The number of aromatic nitrogens is 1. The van der Waals surface area contributed by atoms with E-state index in [1.54, 1.807) is 12.0 Å². The third-order valence-electron chi connectivity index (χ3n) is 4.68. The number of carbonyl (C=O) groups is 2. The van der Waals surface area contributed by atoms with E-state index in [4.69, 9.17) is 10.5 Å². The van der Waals surface area contributed by atoms with Crippen molar-refractivity contribution in [2.75, 3.05) is 25.9 Å². The second kappa shape index (κ2) is 7.74. The summed E-state index contributed by atoms with van der Waals surface area (Å²) >= 11 is 1.35. The zero-order valence-corrected chi connectivity index (χ0v) is 15.2. The molecule has 0 unspecified atom stereocenters. The minimum absolute atomic E-state index is 0.0618. The molecule has 1 aromatic carbocycles. The number of hydrogen-bond donors (Lipinski definition) is 2. The van der Waals surface area contributed by atoms with Crippen LogP contribution in [0.15, 0.2) is 29.6 Å². The lowest BCUT2D eigenvalue weighted by Crippen LogP contribution is -2.30. The first kappa shape index (κ1) is 18.2. The Hall–Kier alpha value is -2.61. The van der Waals surface area contributed by atoms with E-state index in [2.05, 4.69) is 4.98 Å². The molecule has 2 atom stereocenters. The molecule has 7 nitrogen and oxygen atoms in total. The van der Waals surface area contributed by atoms with Crippen molar-refractivity contribution in [2.24, 2.45) is 5.92 Å². The second-order valence-corrected chi connectivity index (χ2v) is 7.19. The molecule has 2 heterocycles. The number of likely N-dealkylation sites (tertiary alicyclic amines) is 1. The van der Waals surface area contributed by atoms with Gasteiger partial charge in [-0.15, -0.1) is 11.3 Å². The Labute approximate surface area is 155 Å². The number of hydrogen-bond acceptors (Lipinski definition) is 6. The number of amides is 1. The van der Waals surface area contributed by atoms with E-state index in [1.807, 2.05) is 29.6 Å². The van der Waals surface area contributed by atoms with E-state index in [-0.39, 0.29) is 18.4 Å². The van der Waals surface area contributed by atoms with Gasteiger partial charge in [0.15, 0.2) is 5.13 Å². The van der Waals surface area contributed by atoms with Gasteiger partial charge >= 0.3 is 5.97 Å². The number of nitrogen functional groups attached to an aromatic ring is 1. The summed E-state index contributed by atoms with van der Waals surface area (Å²) < 4.78 is 5.23. The van der Waals surface area contributed by atoms with Crippen LogP contribution in [0.25, 0.3) is 0 Å². The normalized spacial score (nSPS) is 19.5. The molecule has 1 aliphatic rings. The molecule has 3 rings (SSSR count). The number of nitrogens with zero attached hydrogens (tertiary/aromatic N) is 2. The molecule has 0 spiro atoms. The summed E-state index contributed by atoms with van der Waals surface area (Å²) in [6.45, 7) is 0.609. The number of ether oxygens (including phenoxy) is 1. The van der Waals surface area contributed by atoms with E-state index >= 15 is 0 Å². The number of carboxylic acids is 1. The highest BCUT2D eigenvalue weighted by Crippen LogP contribution is 2.34. The number of carbonyl (C=O) groups excluding carboxylic acids is 1. The Balaban J connectivity index is 1.69. The number of methoxy groups -OCH3 is 1. The maximum atomic E-state index is 12.5. The first-order valence-corrected chi connectivity index (χ1v) is 9.20. The SMILES string of the molecule is COc1cccc([C@@H]2CN(C(=O)CCc3csc(N)n3)C[C@H]2C(=O)O)c1. The molecule has 1 amide bonds. The summed E-state index contributed by atoms with van der Waals surface area (Å²) in [5, 5.41) is 11.9. The topological polar surface area (TPSA) is 106 Å². The summed E-state index contributed by atoms with van der Waals surface area (Å²) in [5.74, 6) is -1.14. The number of rotatable bonds is 6. The average molecular weight is 375 g/mol. The summed E-state index contributed by atoms with van der Waals surface area (Å²) in [6.07, 6.45) is 0.797. The Morgan fingerprint density at radius 1 is 1.42 bits per heavy atom. The van der Waals surface area contributed by atoms with E-state index in [9.17, 15) is 14.7 Å². The standard InChI is InChI=1S/C18H21N3O4S/c1-25-13-4-2-3-11(7-13)14-8-21(9-15(14)17(23)24)16(22)6-5-12-10-26-18(19)20-12/h2-4,7,10,14-15H,5-6,8-9H2,1H3,(H2,19,20)(H,23,24)/t14-,15+/m0/s1. The van der Waals surface area contributed by atoms with Crippen molar-refractivity contribution in [3.05, 3.63) is 40.9 Å². The van der Waals surface area contributed by atoms with Gasteiger partial charge in [-0.1, -0.05) is 12.1 Å². The molecule has 0 radical (unpaired) electrons. The average Bonchev–Trinajstić information content (AvgIpc) is 3.26. The quantitative estimate of drug-likeness (QED) is 0.800. The van der Waals surface area contributed by atoms with Crippen LogP contribution in [0.3, 0.4) is 0 Å². The molecule has 0 bridgehead atoms. The number of aliphatic carboxylic acids is 1. The number of benzene rings is 1. The van der Waals surface area contributed by atoms with Crippen molar-refractivity contribution < 1.29 is 19.4 Å². The van der Waals surface area contributed by atoms with Gasteiger partial charge in [0, 0.05) is 30.8 Å². The second-order valence-electron chi connectivity index (χ2n) is 6.30. The maximum Gasteiger partial charge on any atom is 0.308 e. The fourth-order valence-electron chi connectivity index (χ4n) is 3.30. The summed E-state index contributed by atoms with van der Waals surface area (Å²) in [7, 11) is 1.57. The lowest BCUT2D eigenvalue weighted by Gasteiger charge is -2.17. The highest BCUT2D eigenvalue weighted by atomic mass is 32.1. The van der Waals surface area contributed by atoms with Gasteiger partial charge < -0.3 is 20.5 Å². The molecule has 8 heteroatoms. The Kier molecular flexibility index (Phi) is 5.41. The monoisotopic (exact) mass is 375 g/mol. The molecule has 0 aliphatic carbocycles. The Bertz CT molecular complexity index is 807. The molecule has 26 heavy (non-hydrogen) atoms. The van der Waals surface area contributed by atoms with Crippen molar-refractivity contribution in [3.8, 4) is 5.75 Å². The van der Waals surface area contributed by atoms with Crippen molar-refractivity contribution in [1.82, 2.24) is 9.88 Å². The summed E-state index contributed by atoms with van der Waals surface area (Å²) in [5.41, 5.74) is 7.27. The first-order chi connectivity index (χ1) is 12.5. The minimum atomic E-state index is -0.889. The molecule has 0 saturated carbocycles. The summed E-state index contributed by atoms with van der Waals surface area (Å²) in [6, 6.07) is 7.38. The fraction of sp³-hybridized carbons (Fsp3) is 0.389. The molecule has 1 fully saturated rings. The Morgan fingerprint density at radius 2 is 2.23 bits per heavy atom. The highest BCUT2D eigenvalue weighted by molar-refractivity contribution is 7.13. The fourth-order valence-corrected chi connectivity index (χ4v) is 3.90. The van der Waals surface area contributed by atoms with Gasteiger partial charge in [-0.2, -0.15) is 0 Å². The molecule has 138 valence electrons. The van der Waals surface area contributed by atoms with E-state index in [1.165, 1.54) is 11.3 Å². The van der Waals surface area contributed by atoms with Gasteiger partial charge in [-0.25, -0.2) is 4.98 Å². The van der Waals surface area contributed by atoms with Crippen LogP contribution in [0.1, 0.15) is 23.6 Å². The lowest BCUT2D eigenvalue weighted by molar-refractivity contribution is -0.141. The molecule has 3 N–H and O–H groups in total. The molecule has 1 saturated heterocycles. The van der Waals surface area contributed by atoms with Gasteiger partial charge in [-0.05, 0) is 24.1 Å². The summed E-state index contributed by atoms with van der Waals surface area (Å²) in [4.78, 5) is 30.0.